The summed E-state index contributed by atoms with van der Waals surface area (Å²) in [4.78, 5) is 38.2. The second-order valence-corrected chi connectivity index (χ2v) is 8.25. The van der Waals surface area contributed by atoms with Gasteiger partial charge in [0.05, 0.1) is 5.60 Å². The maximum Gasteiger partial charge on any atom is 0.255 e. The Kier molecular flexibility index (Phi) is 5.67. The van der Waals surface area contributed by atoms with Gasteiger partial charge < -0.3 is 20.6 Å². The number of carbonyl (C=O) groups excluding carboxylic acids is 3. The highest BCUT2D eigenvalue weighted by Gasteiger charge is 2.39. The molecule has 8 heteroatoms. The smallest absolute Gasteiger partial charge is 0.255 e. The summed E-state index contributed by atoms with van der Waals surface area (Å²) in [6, 6.07) is 5.18. The number of benzene rings is 1. The minimum Gasteiger partial charge on any atom is -0.390 e. The molecule has 2 fully saturated rings. The van der Waals surface area contributed by atoms with Gasteiger partial charge in [-0.1, -0.05) is 18.2 Å². The Morgan fingerprint density at radius 2 is 2.00 bits per heavy atom. The third-order valence-corrected chi connectivity index (χ3v) is 6.26. The van der Waals surface area contributed by atoms with Crippen LogP contribution in [0.25, 0.3) is 0 Å². The minimum absolute atomic E-state index is 0.149. The van der Waals surface area contributed by atoms with Crippen LogP contribution in [-0.2, 0) is 22.7 Å². The summed E-state index contributed by atoms with van der Waals surface area (Å²) in [6.45, 7) is 3.28. The standard InChI is InChI=1S/C21H28N4O4/c26-17-5-4-16(19(27)24-17)25-13-15-3-1-2-14(18(15)20(25)28)12-23-11-8-21(29)6-9-22-10-7-21/h1-3,16,22-23,29H,4-13H2,(H,24,26,27). The Labute approximate surface area is 170 Å². The van der Waals surface area contributed by atoms with Crippen molar-refractivity contribution in [2.45, 2.75) is 56.8 Å². The molecule has 3 amide bonds. The molecule has 3 heterocycles. The number of fused-ring (bicyclic) bond motifs is 1. The third-order valence-electron chi connectivity index (χ3n) is 6.26. The number of imide groups is 1. The summed E-state index contributed by atoms with van der Waals surface area (Å²) in [5.41, 5.74) is 1.86. The van der Waals surface area contributed by atoms with Gasteiger partial charge in [-0.05, 0) is 56.4 Å². The van der Waals surface area contributed by atoms with Crippen LogP contribution in [0.1, 0.15) is 53.6 Å². The summed E-state index contributed by atoms with van der Waals surface area (Å²) in [6.07, 6.45) is 2.82. The SMILES string of the molecule is O=C1CCC(N2Cc3cccc(CNCCC4(O)CCNCC4)c3C2=O)C(=O)N1. The van der Waals surface area contributed by atoms with E-state index in [1.54, 1.807) is 4.90 Å². The Morgan fingerprint density at radius 1 is 1.21 bits per heavy atom. The molecule has 0 bridgehead atoms. The first-order chi connectivity index (χ1) is 14.0. The van der Waals surface area contributed by atoms with Crippen LogP contribution in [0, 0.1) is 0 Å². The van der Waals surface area contributed by atoms with Gasteiger partial charge in [0, 0.05) is 25.1 Å². The third kappa shape index (κ3) is 4.19. The van der Waals surface area contributed by atoms with Crippen LogP contribution in [0.5, 0.6) is 0 Å². The molecular weight excluding hydrogens is 372 g/mol. The highest BCUT2D eigenvalue weighted by atomic mass is 16.3. The normalized spacial score (nSPS) is 23.8. The number of hydrogen-bond acceptors (Lipinski definition) is 6. The van der Waals surface area contributed by atoms with Crippen molar-refractivity contribution in [3.8, 4) is 0 Å². The van der Waals surface area contributed by atoms with Gasteiger partial charge in [0.15, 0.2) is 0 Å². The Morgan fingerprint density at radius 3 is 2.76 bits per heavy atom. The van der Waals surface area contributed by atoms with E-state index in [-0.39, 0.29) is 18.2 Å². The number of rotatable bonds is 6. The molecule has 2 saturated heterocycles. The molecule has 0 radical (unpaired) electrons. The molecule has 1 atom stereocenters. The molecule has 1 unspecified atom stereocenters. The Balaban J connectivity index is 1.38. The van der Waals surface area contributed by atoms with Crippen molar-refractivity contribution in [1.29, 1.82) is 0 Å². The minimum atomic E-state index is -0.616. The Bertz CT molecular complexity index is 819. The average Bonchev–Trinajstić information content (AvgIpc) is 3.03. The number of nitrogens with zero attached hydrogens (tertiary/aromatic N) is 1. The molecule has 8 nitrogen and oxygen atoms in total. The number of nitrogens with one attached hydrogen (secondary N) is 3. The van der Waals surface area contributed by atoms with E-state index in [1.807, 2.05) is 18.2 Å². The number of hydrogen-bond donors (Lipinski definition) is 4. The molecule has 0 aromatic heterocycles. The zero-order chi connectivity index (χ0) is 20.4. The van der Waals surface area contributed by atoms with E-state index in [0.29, 0.717) is 38.0 Å². The van der Waals surface area contributed by atoms with Gasteiger partial charge in [-0.25, -0.2) is 0 Å². The van der Waals surface area contributed by atoms with Crippen LogP contribution in [0.3, 0.4) is 0 Å². The monoisotopic (exact) mass is 400 g/mol. The molecule has 29 heavy (non-hydrogen) atoms. The van der Waals surface area contributed by atoms with E-state index >= 15 is 0 Å². The van der Waals surface area contributed by atoms with Crippen molar-refractivity contribution in [3.05, 3.63) is 34.9 Å². The fraction of sp³-hybridized carbons (Fsp3) is 0.571. The second-order valence-electron chi connectivity index (χ2n) is 8.25. The zero-order valence-electron chi connectivity index (χ0n) is 16.5. The summed E-state index contributed by atoms with van der Waals surface area (Å²) >= 11 is 0. The van der Waals surface area contributed by atoms with Crippen LogP contribution in [0.2, 0.25) is 0 Å². The average molecular weight is 400 g/mol. The highest BCUT2D eigenvalue weighted by Crippen LogP contribution is 2.30. The molecular formula is C21H28N4O4. The van der Waals surface area contributed by atoms with Gasteiger partial charge in [-0.2, -0.15) is 0 Å². The lowest BCUT2D eigenvalue weighted by molar-refractivity contribution is -0.136. The van der Waals surface area contributed by atoms with E-state index in [2.05, 4.69) is 16.0 Å². The van der Waals surface area contributed by atoms with Crippen LogP contribution < -0.4 is 16.0 Å². The van der Waals surface area contributed by atoms with Gasteiger partial charge in [0.25, 0.3) is 5.91 Å². The second kappa shape index (κ2) is 8.22. The van der Waals surface area contributed by atoms with Crippen molar-refractivity contribution in [1.82, 2.24) is 20.9 Å². The van der Waals surface area contributed by atoms with Crippen LogP contribution >= 0.6 is 0 Å². The molecule has 1 aromatic rings. The summed E-state index contributed by atoms with van der Waals surface area (Å²) < 4.78 is 0. The summed E-state index contributed by atoms with van der Waals surface area (Å²) in [5, 5.41) is 19.5. The van der Waals surface area contributed by atoms with Crippen molar-refractivity contribution in [3.63, 3.8) is 0 Å². The summed E-state index contributed by atoms with van der Waals surface area (Å²) in [5.74, 6) is -0.822. The lowest BCUT2D eigenvalue weighted by Gasteiger charge is -2.32. The highest BCUT2D eigenvalue weighted by molar-refractivity contribution is 6.05. The molecule has 0 saturated carbocycles. The maximum atomic E-state index is 13.1. The van der Waals surface area contributed by atoms with Crippen molar-refractivity contribution in [2.75, 3.05) is 19.6 Å². The largest absolute Gasteiger partial charge is 0.390 e. The topological polar surface area (TPSA) is 111 Å². The first-order valence-electron chi connectivity index (χ1n) is 10.4. The van der Waals surface area contributed by atoms with E-state index < -0.39 is 17.6 Å². The number of aliphatic hydroxyl groups is 1. The molecule has 156 valence electrons. The first kappa shape index (κ1) is 20.0. The van der Waals surface area contributed by atoms with Crippen molar-refractivity contribution >= 4 is 17.7 Å². The molecule has 4 N–H and O–H groups in total. The lowest BCUT2D eigenvalue weighted by atomic mass is 9.89. The van der Waals surface area contributed by atoms with E-state index in [0.717, 1.165) is 37.1 Å². The van der Waals surface area contributed by atoms with Crippen LogP contribution in [0.4, 0.5) is 0 Å². The van der Waals surface area contributed by atoms with Crippen molar-refractivity contribution in [2.24, 2.45) is 0 Å². The molecule has 3 aliphatic heterocycles. The zero-order valence-corrected chi connectivity index (χ0v) is 16.5. The van der Waals surface area contributed by atoms with E-state index in [9.17, 15) is 19.5 Å². The van der Waals surface area contributed by atoms with Gasteiger partial charge in [0.2, 0.25) is 11.8 Å². The molecule has 0 aliphatic carbocycles. The lowest BCUT2D eigenvalue weighted by Crippen LogP contribution is -2.52. The molecule has 0 spiro atoms. The number of piperidine rings is 2. The fourth-order valence-corrected chi connectivity index (χ4v) is 4.52. The van der Waals surface area contributed by atoms with E-state index in [4.69, 9.17) is 0 Å². The first-order valence-corrected chi connectivity index (χ1v) is 10.4. The number of carbonyl (C=O) groups is 3. The Hall–Kier alpha value is -2.29. The molecule has 3 aliphatic rings. The fourth-order valence-electron chi connectivity index (χ4n) is 4.52. The predicted molar refractivity (Wildman–Crippen MR) is 106 cm³/mol. The quantitative estimate of drug-likeness (QED) is 0.397. The van der Waals surface area contributed by atoms with E-state index in [1.165, 1.54) is 0 Å². The van der Waals surface area contributed by atoms with Gasteiger partial charge in [-0.15, -0.1) is 0 Å². The summed E-state index contributed by atoms with van der Waals surface area (Å²) in [7, 11) is 0. The van der Waals surface area contributed by atoms with Crippen molar-refractivity contribution < 1.29 is 19.5 Å². The predicted octanol–water partition coefficient (Wildman–Crippen LogP) is 0.0418. The maximum absolute atomic E-state index is 13.1. The molecule has 4 rings (SSSR count). The van der Waals surface area contributed by atoms with Crippen LogP contribution in [-0.4, -0.2) is 59.0 Å². The van der Waals surface area contributed by atoms with Gasteiger partial charge in [-0.3, -0.25) is 19.7 Å². The molecule has 1 aromatic carbocycles. The van der Waals surface area contributed by atoms with Gasteiger partial charge in [0.1, 0.15) is 6.04 Å². The van der Waals surface area contributed by atoms with Gasteiger partial charge >= 0.3 is 0 Å². The number of amides is 3. The van der Waals surface area contributed by atoms with Crippen LogP contribution in [0.15, 0.2) is 18.2 Å².